The molecule has 6 heteroatoms. The first-order valence-corrected chi connectivity index (χ1v) is 24.3. The molecule has 0 aromatic rings. The molecule has 346 valence electrons. The highest BCUT2D eigenvalue weighted by Crippen LogP contribution is 2.13. The third-order valence-electron chi connectivity index (χ3n) is 9.57. The van der Waals surface area contributed by atoms with Crippen LogP contribution in [0.2, 0.25) is 0 Å². The summed E-state index contributed by atoms with van der Waals surface area (Å²) in [6.07, 6.45) is 68.6. The standard InChI is InChI=1S/C56H86O6/c1-4-7-10-13-16-19-22-25-28-31-34-37-40-43-46-49-55(58)61-52-53(51-60-54(57)48-45-42-39-36-33-30-27-24-21-18-15-12-9-6-3)62-56(59)50-47-44-41-38-35-32-29-26-23-20-17-14-11-8-5-2/h7-14,16-23,25,27-28,30-31,34,53H,4-6,15,24,26,29,32-33,35-52H2,1-3H3/b10-7-,11-8-,12-9-,16-13-,17-14-,21-18-,22-19-,23-20-,28-25-,30-27-,34-31-. The summed E-state index contributed by atoms with van der Waals surface area (Å²) in [5.41, 5.74) is 0. The van der Waals surface area contributed by atoms with Crippen LogP contribution in [0.15, 0.2) is 134 Å². The van der Waals surface area contributed by atoms with Gasteiger partial charge in [0.15, 0.2) is 6.10 Å². The monoisotopic (exact) mass is 855 g/mol. The van der Waals surface area contributed by atoms with Crippen LogP contribution in [-0.4, -0.2) is 37.2 Å². The Morgan fingerprint density at radius 1 is 0.339 bits per heavy atom. The van der Waals surface area contributed by atoms with E-state index in [2.05, 4.69) is 106 Å². The summed E-state index contributed by atoms with van der Waals surface area (Å²) in [7, 11) is 0. The number of carbonyl (C=O) groups is 3. The third kappa shape index (κ3) is 46.6. The second-order valence-electron chi connectivity index (χ2n) is 15.4. The minimum Gasteiger partial charge on any atom is -0.462 e. The topological polar surface area (TPSA) is 78.9 Å². The van der Waals surface area contributed by atoms with Crippen LogP contribution < -0.4 is 0 Å². The average molecular weight is 855 g/mol. The van der Waals surface area contributed by atoms with Crippen molar-refractivity contribution >= 4 is 17.9 Å². The van der Waals surface area contributed by atoms with Gasteiger partial charge < -0.3 is 14.2 Å². The second-order valence-corrected chi connectivity index (χ2v) is 15.4. The number of ether oxygens (including phenoxy) is 3. The van der Waals surface area contributed by atoms with Crippen LogP contribution in [0, 0.1) is 0 Å². The molecule has 0 aromatic carbocycles. The number of unbranched alkanes of at least 4 members (excludes halogenated alkanes) is 14. The van der Waals surface area contributed by atoms with Crippen molar-refractivity contribution in [3.8, 4) is 0 Å². The number of esters is 3. The Labute approximate surface area is 379 Å². The average Bonchev–Trinajstić information content (AvgIpc) is 3.27. The molecule has 0 spiro atoms. The van der Waals surface area contributed by atoms with E-state index in [0.717, 1.165) is 122 Å². The molecule has 0 saturated heterocycles. The number of carbonyl (C=O) groups excluding carboxylic acids is 3. The Hall–Kier alpha value is -4.45. The van der Waals surface area contributed by atoms with Crippen LogP contribution in [0.3, 0.4) is 0 Å². The molecule has 0 rings (SSSR count). The Kier molecular flexibility index (Phi) is 45.7. The lowest BCUT2D eigenvalue weighted by Gasteiger charge is -2.18. The second kappa shape index (κ2) is 49.2. The molecule has 1 unspecified atom stereocenters. The maximum Gasteiger partial charge on any atom is 0.306 e. The van der Waals surface area contributed by atoms with Crippen molar-refractivity contribution < 1.29 is 28.6 Å². The predicted octanol–water partition coefficient (Wildman–Crippen LogP) is 15.9. The van der Waals surface area contributed by atoms with Crippen molar-refractivity contribution in [1.29, 1.82) is 0 Å². The van der Waals surface area contributed by atoms with E-state index in [1.165, 1.54) is 19.3 Å². The molecule has 0 bridgehead atoms. The van der Waals surface area contributed by atoms with E-state index < -0.39 is 6.10 Å². The quantitative estimate of drug-likeness (QED) is 0.0200. The van der Waals surface area contributed by atoms with Crippen LogP contribution >= 0.6 is 0 Å². The molecule has 1 atom stereocenters. The molecule has 0 aliphatic rings. The Bertz CT molecular complexity index is 1400. The molecular weight excluding hydrogens is 769 g/mol. The van der Waals surface area contributed by atoms with Crippen molar-refractivity contribution in [3.05, 3.63) is 134 Å². The van der Waals surface area contributed by atoms with Crippen LogP contribution in [0.5, 0.6) is 0 Å². The summed E-state index contributed by atoms with van der Waals surface area (Å²) >= 11 is 0. The van der Waals surface area contributed by atoms with Crippen molar-refractivity contribution in [1.82, 2.24) is 0 Å². The zero-order valence-corrected chi connectivity index (χ0v) is 39.3. The van der Waals surface area contributed by atoms with Gasteiger partial charge in [-0.1, -0.05) is 206 Å². The van der Waals surface area contributed by atoms with Crippen LogP contribution in [0.4, 0.5) is 0 Å². The SMILES string of the molecule is CC\C=C/C=C\C=C/C=C\C=C/CCCCCC(=O)OCC(COC(=O)CCCCCC/C=C\C/C=C\C/C=C\CC)OC(=O)CCCCCCCCC\C=C/C=C\C=C/CC. The first kappa shape index (κ1) is 57.5. The molecule has 0 aliphatic carbocycles. The minimum atomic E-state index is -0.816. The summed E-state index contributed by atoms with van der Waals surface area (Å²) in [4.78, 5) is 37.9. The van der Waals surface area contributed by atoms with Gasteiger partial charge in [0.05, 0.1) is 0 Å². The van der Waals surface area contributed by atoms with Crippen LogP contribution in [-0.2, 0) is 28.6 Å². The molecular formula is C56H86O6. The highest BCUT2D eigenvalue weighted by atomic mass is 16.6. The minimum absolute atomic E-state index is 0.114. The van der Waals surface area contributed by atoms with Gasteiger partial charge in [-0.3, -0.25) is 14.4 Å². The number of allylic oxidation sites excluding steroid dienone is 22. The summed E-state index contributed by atoms with van der Waals surface area (Å²) in [6, 6.07) is 0. The first-order chi connectivity index (χ1) is 30.5. The fourth-order valence-corrected chi connectivity index (χ4v) is 6.00. The van der Waals surface area contributed by atoms with E-state index in [1.807, 2.05) is 48.6 Å². The molecule has 0 amide bonds. The van der Waals surface area contributed by atoms with E-state index in [1.54, 1.807) is 0 Å². The van der Waals surface area contributed by atoms with Crippen molar-refractivity contribution in [2.24, 2.45) is 0 Å². The Morgan fingerprint density at radius 2 is 0.661 bits per heavy atom. The van der Waals surface area contributed by atoms with Crippen molar-refractivity contribution in [2.45, 2.75) is 187 Å². The highest BCUT2D eigenvalue weighted by molar-refractivity contribution is 5.71. The first-order valence-electron chi connectivity index (χ1n) is 24.3. The van der Waals surface area contributed by atoms with Gasteiger partial charge >= 0.3 is 17.9 Å². The molecule has 6 nitrogen and oxygen atoms in total. The smallest absolute Gasteiger partial charge is 0.306 e. The fraction of sp³-hybridized carbons (Fsp3) is 0.554. The van der Waals surface area contributed by atoms with Gasteiger partial charge in [-0.2, -0.15) is 0 Å². The summed E-state index contributed by atoms with van der Waals surface area (Å²) < 4.78 is 16.7. The van der Waals surface area contributed by atoms with Gasteiger partial charge in [0, 0.05) is 19.3 Å². The molecule has 0 fully saturated rings. The predicted molar refractivity (Wildman–Crippen MR) is 265 cm³/mol. The van der Waals surface area contributed by atoms with Gasteiger partial charge in [-0.25, -0.2) is 0 Å². The van der Waals surface area contributed by atoms with E-state index in [9.17, 15) is 14.4 Å². The van der Waals surface area contributed by atoms with Gasteiger partial charge in [-0.05, 0) is 89.9 Å². The number of hydrogen-bond acceptors (Lipinski definition) is 6. The van der Waals surface area contributed by atoms with Gasteiger partial charge in [0.25, 0.3) is 0 Å². The van der Waals surface area contributed by atoms with Crippen LogP contribution in [0.1, 0.15) is 181 Å². The summed E-state index contributed by atoms with van der Waals surface area (Å²) in [6.45, 7) is 6.15. The Balaban J connectivity index is 4.56. The maximum atomic E-state index is 12.8. The van der Waals surface area contributed by atoms with Crippen molar-refractivity contribution in [2.75, 3.05) is 13.2 Å². The normalized spacial score (nSPS) is 13.3. The van der Waals surface area contributed by atoms with Gasteiger partial charge in [0.2, 0.25) is 0 Å². The molecule has 0 aliphatic heterocycles. The lowest BCUT2D eigenvalue weighted by Crippen LogP contribution is -2.30. The molecule has 0 aromatic heterocycles. The summed E-state index contributed by atoms with van der Waals surface area (Å²) in [5.74, 6) is -1.00. The number of hydrogen-bond donors (Lipinski definition) is 0. The summed E-state index contributed by atoms with van der Waals surface area (Å²) in [5, 5.41) is 0. The highest BCUT2D eigenvalue weighted by Gasteiger charge is 2.19. The molecule has 62 heavy (non-hydrogen) atoms. The lowest BCUT2D eigenvalue weighted by atomic mass is 10.1. The molecule has 0 radical (unpaired) electrons. The van der Waals surface area contributed by atoms with Crippen LogP contribution in [0.25, 0.3) is 0 Å². The largest absolute Gasteiger partial charge is 0.462 e. The zero-order valence-electron chi connectivity index (χ0n) is 39.3. The molecule has 0 heterocycles. The van der Waals surface area contributed by atoms with E-state index in [4.69, 9.17) is 14.2 Å². The Morgan fingerprint density at radius 3 is 1.11 bits per heavy atom. The maximum absolute atomic E-state index is 12.8. The lowest BCUT2D eigenvalue weighted by molar-refractivity contribution is -0.167. The van der Waals surface area contributed by atoms with Crippen molar-refractivity contribution in [3.63, 3.8) is 0 Å². The van der Waals surface area contributed by atoms with Gasteiger partial charge in [0.1, 0.15) is 13.2 Å². The van der Waals surface area contributed by atoms with E-state index in [-0.39, 0.29) is 31.1 Å². The number of rotatable bonds is 41. The van der Waals surface area contributed by atoms with E-state index in [0.29, 0.717) is 19.3 Å². The molecule has 0 N–H and O–H groups in total. The zero-order chi connectivity index (χ0) is 45.1. The van der Waals surface area contributed by atoms with E-state index >= 15 is 0 Å². The third-order valence-corrected chi connectivity index (χ3v) is 9.57. The van der Waals surface area contributed by atoms with Gasteiger partial charge in [-0.15, -0.1) is 0 Å². The fourth-order valence-electron chi connectivity index (χ4n) is 6.00. The molecule has 0 saturated carbocycles.